The van der Waals surface area contributed by atoms with E-state index in [0.717, 1.165) is 0 Å². The zero-order valence-corrected chi connectivity index (χ0v) is 15.5. The van der Waals surface area contributed by atoms with Crippen molar-refractivity contribution in [1.29, 1.82) is 0 Å². The van der Waals surface area contributed by atoms with E-state index in [0.29, 0.717) is 49.4 Å². The second kappa shape index (κ2) is 12.0. The molecule has 28 heavy (non-hydrogen) atoms. The smallest absolute Gasteiger partial charge is 0.189 e. The second-order valence-corrected chi connectivity index (χ2v) is 5.58. The molecule has 0 radical (unpaired) electrons. The number of para-hydroxylation sites is 4. The van der Waals surface area contributed by atoms with Gasteiger partial charge < -0.3 is 37.9 Å². The molecule has 0 fully saturated rings. The molecule has 0 spiro atoms. The molecule has 3 rings (SSSR count). The highest BCUT2D eigenvalue weighted by Crippen LogP contribution is 2.27. The van der Waals surface area contributed by atoms with Gasteiger partial charge in [0.25, 0.3) is 0 Å². The topological polar surface area (TPSA) is 73.8 Å². The van der Waals surface area contributed by atoms with Gasteiger partial charge in [-0.15, -0.1) is 0 Å². The third kappa shape index (κ3) is 6.90. The maximum atomic E-state index is 5.59. The van der Waals surface area contributed by atoms with Crippen molar-refractivity contribution in [1.82, 2.24) is 0 Å². The molecule has 0 N–H and O–H groups in total. The number of hydrogen-bond acceptors (Lipinski definition) is 8. The van der Waals surface area contributed by atoms with Gasteiger partial charge in [-0.3, -0.25) is 0 Å². The molecule has 2 aromatic rings. The molecular formula is C20H24O8. The number of fused-ring (bicyclic) bond motifs is 2. The average molecular weight is 392 g/mol. The van der Waals surface area contributed by atoms with Crippen molar-refractivity contribution in [3.05, 3.63) is 48.5 Å². The Labute approximate surface area is 163 Å². The SMILES string of the molecule is c1ccc2c(c1)OCOCCOCOc1ccccc1OCOCCOCO2. The van der Waals surface area contributed by atoms with Gasteiger partial charge in [-0.05, 0) is 24.3 Å². The summed E-state index contributed by atoms with van der Waals surface area (Å²) in [6, 6.07) is 14.6. The Bertz CT molecular complexity index is 576. The zero-order chi connectivity index (χ0) is 19.3. The van der Waals surface area contributed by atoms with Crippen molar-refractivity contribution < 1.29 is 37.9 Å². The molecule has 1 aliphatic rings. The van der Waals surface area contributed by atoms with E-state index in [4.69, 9.17) is 37.9 Å². The fourth-order valence-electron chi connectivity index (χ4n) is 2.27. The first-order valence-electron chi connectivity index (χ1n) is 8.94. The second-order valence-electron chi connectivity index (χ2n) is 5.58. The maximum Gasteiger partial charge on any atom is 0.189 e. The molecule has 152 valence electrons. The van der Waals surface area contributed by atoms with E-state index >= 15 is 0 Å². The Morgan fingerprint density at radius 2 is 0.643 bits per heavy atom. The van der Waals surface area contributed by atoms with Crippen LogP contribution in [0.2, 0.25) is 0 Å². The van der Waals surface area contributed by atoms with Crippen LogP contribution in [0.5, 0.6) is 23.0 Å². The van der Waals surface area contributed by atoms with Crippen molar-refractivity contribution in [2.75, 3.05) is 53.6 Å². The largest absolute Gasteiger partial charge is 0.464 e. The van der Waals surface area contributed by atoms with E-state index in [9.17, 15) is 0 Å². The summed E-state index contributed by atoms with van der Waals surface area (Å²) in [7, 11) is 0. The molecular weight excluding hydrogens is 368 g/mol. The lowest BCUT2D eigenvalue weighted by Gasteiger charge is -2.15. The molecule has 0 saturated heterocycles. The lowest BCUT2D eigenvalue weighted by Crippen LogP contribution is -2.14. The summed E-state index contributed by atoms with van der Waals surface area (Å²) in [6.07, 6.45) is 0. The minimum atomic E-state index is 0.0793. The van der Waals surface area contributed by atoms with Gasteiger partial charge in [-0.1, -0.05) is 24.3 Å². The molecule has 0 amide bonds. The molecule has 0 bridgehead atoms. The highest BCUT2D eigenvalue weighted by atomic mass is 16.7. The molecule has 8 heteroatoms. The first-order valence-corrected chi connectivity index (χ1v) is 8.94. The van der Waals surface area contributed by atoms with E-state index in [1.165, 1.54) is 0 Å². The van der Waals surface area contributed by atoms with Crippen molar-refractivity contribution >= 4 is 0 Å². The quantitative estimate of drug-likeness (QED) is 0.678. The summed E-state index contributed by atoms with van der Waals surface area (Å²) in [6.45, 7) is 1.77. The molecule has 0 aromatic heterocycles. The Kier molecular flexibility index (Phi) is 8.69. The standard InChI is InChI=1S/C20H24O8/c1-2-6-18-17(5-1)25-13-21-9-10-23-15-27-19-7-3-4-8-20(19)28-16-24-12-11-22-14-26-18/h1-8H,9-16H2. The number of hydrogen-bond donors (Lipinski definition) is 0. The molecule has 2 aromatic carbocycles. The van der Waals surface area contributed by atoms with Gasteiger partial charge in [-0.2, -0.15) is 0 Å². The Hall–Kier alpha value is -2.52. The summed E-state index contributed by atoms with van der Waals surface area (Å²) in [5.74, 6) is 2.30. The average Bonchev–Trinajstić information content (AvgIpc) is 2.73. The predicted molar refractivity (Wildman–Crippen MR) is 98.7 cm³/mol. The van der Waals surface area contributed by atoms with Gasteiger partial charge in [0.1, 0.15) is 0 Å². The summed E-state index contributed by atoms with van der Waals surface area (Å²) >= 11 is 0. The van der Waals surface area contributed by atoms with E-state index in [-0.39, 0.29) is 27.2 Å². The molecule has 1 aliphatic heterocycles. The number of benzene rings is 2. The van der Waals surface area contributed by atoms with Crippen LogP contribution in [0.15, 0.2) is 48.5 Å². The van der Waals surface area contributed by atoms with E-state index < -0.39 is 0 Å². The molecule has 8 nitrogen and oxygen atoms in total. The van der Waals surface area contributed by atoms with Gasteiger partial charge in [0.2, 0.25) is 0 Å². The minimum absolute atomic E-state index is 0.0793. The first kappa shape index (κ1) is 20.2. The highest BCUT2D eigenvalue weighted by molar-refractivity contribution is 5.39. The van der Waals surface area contributed by atoms with Crippen LogP contribution in [-0.4, -0.2) is 53.6 Å². The van der Waals surface area contributed by atoms with Crippen LogP contribution in [0.4, 0.5) is 0 Å². The number of ether oxygens (including phenoxy) is 8. The van der Waals surface area contributed by atoms with Gasteiger partial charge in [0.15, 0.2) is 50.2 Å². The van der Waals surface area contributed by atoms with Crippen LogP contribution >= 0.6 is 0 Å². The van der Waals surface area contributed by atoms with Gasteiger partial charge >= 0.3 is 0 Å². The summed E-state index contributed by atoms with van der Waals surface area (Å²) < 4.78 is 44.0. The minimum Gasteiger partial charge on any atom is -0.464 e. The van der Waals surface area contributed by atoms with Crippen molar-refractivity contribution in [2.24, 2.45) is 0 Å². The third-order valence-corrected chi connectivity index (χ3v) is 3.63. The lowest BCUT2D eigenvalue weighted by atomic mass is 10.3. The zero-order valence-electron chi connectivity index (χ0n) is 15.5. The Balaban J connectivity index is 1.51. The monoisotopic (exact) mass is 392 g/mol. The van der Waals surface area contributed by atoms with Crippen molar-refractivity contribution in [3.8, 4) is 23.0 Å². The summed E-state index contributed by atoms with van der Waals surface area (Å²) in [4.78, 5) is 0. The summed E-state index contributed by atoms with van der Waals surface area (Å²) in [5.41, 5.74) is 0. The van der Waals surface area contributed by atoms with Crippen LogP contribution in [0.25, 0.3) is 0 Å². The molecule has 0 aliphatic carbocycles. The first-order chi connectivity index (χ1) is 13.9. The van der Waals surface area contributed by atoms with Crippen LogP contribution in [0.1, 0.15) is 0 Å². The van der Waals surface area contributed by atoms with Gasteiger partial charge in [0.05, 0.1) is 26.4 Å². The van der Waals surface area contributed by atoms with Crippen LogP contribution in [-0.2, 0) is 18.9 Å². The van der Waals surface area contributed by atoms with Crippen LogP contribution < -0.4 is 18.9 Å². The molecule has 0 saturated carbocycles. The maximum absolute atomic E-state index is 5.59. The van der Waals surface area contributed by atoms with E-state index in [1.54, 1.807) is 24.3 Å². The summed E-state index contributed by atoms with van der Waals surface area (Å²) in [5, 5.41) is 0. The predicted octanol–water partition coefficient (Wildman–Crippen LogP) is 2.81. The van der Waals surface area contributed by atoms with Gasteiger partial charge in [0, 0.05) is 0 Å². The highest BCUT2D eigenvalue weighted by Gasteiger charge is 2.06. The van der Waals surface area contributed by atoms with Crippen LogP contribution in [0, 0.1) is 0 Å². The third-order valence-electron chi connectivity index (χ3n) is 3.63. The molecule has 0 unspecified atom stereocenters. The molecule has 0 atom stereocenters. The van der Waals surface area contributed by atoms with E-state index in [2.05, 4.69) is 0 Å². The fourth-order valence-corrected chi connectivity index (χ4v) is 2.27. The molecule has 1 heterocycles. The van der Waals surface area contributed by atoms with E-state index in [1.807, 2.05) is 24.3 Å². The van der Waals surface area contributed by atoms with Crippen molar-refractivity contribution in [2.45, 2.75) is 0 Å². The van der Waals surface area contributed by atoms with Crippen LogP contribution in [0.3, 0.4) is 0 Å². The Morgan fingerprint density at radius 1 is 0.393 bits per heavy atom. The Morgan fingerprint density at radius 3 is 0.893 bits per heavy atom. The fraction of sp³-hybridized carbons (Fsp3) is 0.400. The van der Waals surface area contributed by atoms with Gasteiger partial charge in [-0.25, -0.2) is 0 Å². The normalized spacial score (nSPS) is 17.4. The lowest BCUT2D eigenvalue weighted by molar-refractivity contribution is -0.0574. The number of rotatable bonds is 0. The van der Waals surface area contributed by atoms with Crippen molar-refractivity contribution in [3.63, 3.8) is 0 Å².